The van der Waals surface area contributed by atoms with Crippen LogP contribution in [-0.4, -0.2) is 45.3 Å². The summed E-state index contributed by atoms with van der Waals surface area (Å²) < 4.78 is 2.03. The Morgan fingerprint density at radius 2 is 1.88 bits per heavy atom. The SMILES string of the molecule is CC(=O)N1C[C@@H]2C3[C@H](C(=O)Nc4cc(-c5cc(C(N)=O)n6c5CC(C)(C)C6)ccn4)C[C@@H]2[C@H]3C1. The lowest BCUT2D eigenvalue weighted by Gasteiger charge is -2.54. The highest BCUT2D eigenvalue weighted by Gasteiger charge is 2.64. The lowest BCUT2D eigenvalue weighted by atomic mass is 9.59. The Labute approximate surface area is 198 Å². The summed E-state index contributed by atoms with van der Waals surface area (Å²) in [5.41, 5.74) is 9.23. The molecule has 178 valence electrons. The van der Waals surface area contributed by atoms with Gasteiger partial charge in [0.25, 0.3) is 5.91 Å². The third-order valence-electron chi connectivity index (χ3n) is 8.74. The molecule has 3 N–H and O–H groups in total. The first kappa shape index (κ1) is 21.4. The van der Waals surface area contributed by atoms with Crippen LogP contribution < -0.4 is 11.1 Å². The molecule has 3 aliphatic carbocycles. The van der Waals surface area contributed by atoms with Gasteiger partial charge in [0.15, 0.2) is 0 Å². The quantitative estimate of drug-likeness (QED) is 0.729. The number of anilines is 1. The number of primary amides is 1. The summed E-state index contributed by atoms with van der Waals surface area (Å²) in [7, 11) is 0. The van der Waals surface area contributed by atoms with E-state index in [4.69, 9.17) is 5.73 Å². The molecule has 5 atom stereocenters. The predicted molar refractivity (Wildman–Crippen MR) is 127 cm³/mol. The number of nitrogens with one attached hydrogen (secondary N) is 1. The summed E-state index contributed by atoms with van der Waals surface area (Å²) in [4.78, 5) is 43.4. The number of carbonyl (C=O) groups is 3. The predicted octanol–water partition coefficient (Wildman–Crippen LogP) is 2.53. The van der Waals surface area contributed by atoms with Crippen molar-refractivity contribution < 1.29 is 14.4 Å². The fraction of sp³-hybridized carbons (Fsp3) is 0.538. The van der Waals surface area contributed by atoms with Crippen molar-refractivity contribution in [2.75, 3.05) is 18.4 Å². The van der Waals surface area contributed by atoms with Gasteiger partial charge in [-0.1, -0.05) is 13.8 Å². The van der Waals surface area contributed by atoms with Crippen LogP contribution in [0.25, 0.3) is 11.1 Å². The molecule has 0 radical (unpaired) electrons. The van der Waals surface area contributed by atoms with Crippen LogP contribution >= 0.6 is 0 Å². The van der Waals surface area contributed by atoms with Crippen LogP contribution in [0.4, 0.5) is 5.82 Å². The van der Waals surface area contributed by atoms with Gasteiger partial charge in [-0.2, -0.15) is 0 Å². The van der Waals surface area contributed by atoms with Crippen LogP contribution in [0.5, 0.6) is 0 Å². The molecule has 0 aromatic carbocycles. The number of hydrogen-bond acceptors (Lipinski definition) is 4. The van der Waals surface area contributed by atoms with Crippen LogP contribution in [0, 0.1) is 35.0 Å². The van der Waals surface area contributed by atoms with Crippen LogP contribution in [0.3, 0.4) is 0 Å². The Morgan fingerprint density at radius 3 is 2.56 bits per heavy atom. The van der Waals surface area contributed by atoms with E-state index in [2.05, 4.69) is 24.1 Å². The standard InChI is InChI=1S/C26H31N5O3/c1-13(32)30-10-18-16-7-17(23(18)19(16)11-30)25(34)29-22-6-14(4-5-28-22)15-8-20(24(27)33)31-12-26(2,3)9-21(15)31/h4-6,8,16-19,23H,7,9-12H2,1-3H3,(H2,27,33)(H,28,29,34)/t16-,17-,18-,19+,23?/m1/s1. The number of piperidine rings is 2. The molecule has 5 fully saturated rings. The zero-order valence-electron chi connectivity index (χ0n) is 19.9. The average Bonchev–Trinajstić information content (AvgIpc) is 3.51. The number of rotatable bonds is 4. The minimum absolute atomic E-state index is 0.0134. The number of nitrogens with zero attached hydrogens (tertiary/aromatic N) is 3. The van der Waals surface area contributed by atoms with Gasteiger partial charge in [-0.05, 0) is 65.7 Å². The smallest absolute Gasteiger partial charge is 0.265 e. The van der Waals surface area contributed by atoms with Gasteiger partial charge in [-0.15, -0.1) is 0 Å². The largest absolute Gasteiger partial charge is 0.364 e. The maximum absolute atomic E-state index is 13.2. The van der Waals surface area contributed by atoms with E-state index < -0.39 is 5.91 Å². The first-order valence-corrected chi connectivity index (χ1v) is 12.2. The Balaban J connectivity index is 1.21. The average molecular weight is 462 g/mol. The number of aromatic nitrogens is 2. The Morgan fingerprint density at radius 1 is 1.15 bits per heavy atom. The van der Waals surface area contributed by atoms with Gasteiger partial charge in [0.05, 0.1) is 0 Å². The van der Waals surface area contributed by atoms with Crippen molar-refractivity contribution in [3.05, 3.63) is 35.8 Å². The van der Waals surface area contributed by atoms with Gasteiger partial charge >= 0.3 is 0 Å². The minimum Gasteiger partial charge on any atom is -0.364 e. The molecule has 8 nitrogen and oxygen atoms in total. The Hall–Kier alpha value is -3.16. The molecular formula is C26H31N5O3. The van der Waals surface area contributed by atoms with Crippen molar-refractivity contribution in [1.29, 1.82) is 0 Å². The summed E-state index contributed by atoms with van der Waals surface area (Å²) >= 11 is 0. The van der Waals surface area contributed by atoms with Crippen LogP contribution in [0.2, 0.25) is 0 Å². The van der Waals surface area contributed by atoms with Gasteiger partial charge in [0.1, 0.15) is 11.5 Å². The van der Waals surface area contributed by atoms with Gasteiger partial charge in [-0.3, -0.25) is 14.4 Å². The first-order chi connectivity index (χ1) is 16.1. The van der Waals surface area contributed by atoms with Gasteiger partial charge in [0.2, 0.25) is 11.8 Å². The molecule has 8 heteroatoms. The molecule has 3 saturated carbocycles. The molecular weight excluding hydrogens is 430 g/mol. The van der Waals surface area contributed by atoms with Crippen molar-refractivity contribution in [1.82, 2.24) is 14.5 Å². The second kappa shape index (κ2) is 7.17. The van der Waals surface area contributed by atoms with Crippen LogP contribution in [-0.2, 0) is 22.6 Å². The third kappa shape index (κ3) is 3.11. The molecule has 5 heterocycles. The van der Waals surface area contributed by atoms with E-state index in [-0.39, 0.29) is 23.1 Å². The highest BCUT2D eigenvalue weighted by atomic mass is 16.2. The number of nitrogens with two attached hydrogens (primary N) is 1. The zero-order valence-corrected chi connectivity index (χ0v) is 19.9. The summed E-state index contributed by atoms with van der Waals surface area (Å²) in [6.07, 6.45) is 3.46. The molecule has 2 aromatic heterocycles. The normalized spacial score (nSPS) is 30.0. The van der Waals surface area contributed by atoms with E-state index in [1.807, 2.05) is 27.7 Å². The monoisotopic (exact) mass is 461 g/mol. The fourth-order valence-electron chi connectivity index (χ4n) is 7.33. The van der Waals surface area contributed by atoms with E-state index in [1.165, 1.54) is 0 Å². The van der Waals surface area contributed by atoms with E-state index in [0.717, 1.165) is 49.3 Å². The topological polar surface area (TPSA) is 110 Å². The van der Waals surface area contributed by atoms with Crippen molar-refractivity contribution in [2.45, 2.75) is 40.2 Å². The second-order valence-electron chi connectivity index (χ2n) is 11.4. The van der Waals surface area contributed by atoms with Gasteiger partial charge in [0, 0.05) is 49.9 Å². The van der Waals surface area contributed by atoms with Crippen molar-refractivity contribution >= 4 is 23.5 Å². The van der Waals surface area contributed by atoms with Gasteiger partial charge < -0.3 is 20.5 Å². The summed E-state index contributed by atoms with van der Waals surface area (Å²) in [5, 5.41) is 3.06. The second-order valence-corrected chi connectivity index (χ2v) is 11.4. The van der Waals surface area contributed by atoms with Gasteiger partial charge in [-0.25, -0.2) is 4.98 Å². The van der Waals surface area contributed by atoms with Crippen LogP contribution in [0.1, 0.15) is 43.4 Å². The molecule has 3 amide bonds. The number of fused-ring (bicyclic) bond motifs is 4. The molecule has 4 bridgehead atoms. The number of amides is 3. The molecule has 2 saturated heterocycles. The molecule has 2 aromatic rings. The van der Waals surface area contributed by atoms with Crippen LogP contribution in [0.15, 0.2) is 24.4 Å². The maximum Gasteiger partial charge on any atom is 0.265 e. The number of hydrogen-bond donors (Lipinski definition) is 2. The summed E-state index contributed by atoms with van der Waals surface area (Å²) in [5.74, 6) is 2.10. The van der Waals surface area contributed by atoms with Crippen molar-refractivity contribution in [3.63, 3.8) is 0 Å². The highest BCUT2D eigenvalue weighted by molar-refractivity contribution is 5.95. The molecule has 1 unspecified atom stereocenters. The minimum atomic E-state index is -0.429. The molecule has 34 heavy (non-hydrogen) atoms. The summed E-state index contributed by atoms with van der Waals surface area (Å²) in [6.45, 7) is 8.33. The van der Waals surface area contributed by atoms with Crippen molar-refractivity contribution in [2.24, 2.45) is 40.7 Å². The highest BCUT2D eigenvalue weighted by Crippen LogP contribution is 2.63. The Kier molecular flexibility index (Phi) is 4.51. The molecule has 8 rings (SSSR count). The maximum atomic E-state index is 13.2. The lowest BCUT2D eigenvalue weighted by molar-refractivity contribution is -0.143. The van der Waals surface area contributed by atoms with E-state index in [9.17, 15) is 14.4 Å². The van der Waals surface area contributed by atoms with E-state index >= 15 is 0 Å². The fourth-order valence-corrected chi connectivity index (χ4v) is 7.33. The molecule has 6 aliphatic rings. The number of pyridine rings is 1. The Bertz CT molecular complexity index is 1220. The zero-order chi connectivity index (χ0) is 23.9. The molecule has 3 aliphatic heterocycles. The van der Waals surface area contributed by atoms with E-state index in [0.29, 0.717) is 35.2 Å². The molecule has 0 spiro atoms. The first-order valence-electron chi connectivity index (χ1n) is 12.2. The van der Waals surface area contributed by atoms with Crippen molar-refractivity contribution in [3.8, 4) is 11.1 Å². The summed E-state index contributed by atoms with van der Waals surface area (Å²) in [6, 6.07) is 5.67. The van der Waals surface area contributed by atoms with E-state index in [1.54, 1.807) is 13.1 Å². The third-order valence-corrected chi connectivity index (χ3v) is 8.74. The number of carbonyl (C=O) groups excluding carboxylic acids is 3. The lowest BCUT2D eigenvalue weighted by Crippen LogP contribution is -2.59.